The second-order valence-corrected chi connectivity index (χ2v) is 12.2. The lowest BCUT2D eigenvalue weighted by molar-refractivity contribution is 0.0965. The van der Waals surface area contributed by atoms with E-state index in [1.807, 2.05) is 32.0 Å². The third kappa shape index (κ3) is 8.76. The van der Waals surface area contributed by atoms with Crippen LogP contribution in [0.2, 0.25) is 0 Å². The van der Waals surface area contributed by atoms with Crippen LogP contribution < -0.4 is 29.2 Å². The number of ether oxygens (including phenoxy) is 4. The fourth-order valence-corrected chi connectivity index (χ4v) is 5.63. The smallest absolute Gasteiger partial charge is 0.420 e. The minimum atomic E-state index is -0.711. The summed E-state index contributed by atoms with van der Waals surface area (Å²) in [7, 11) is 4.61. The number of hydrogen-bond acceptors (Lipinski definition) is 10. The van der Waals surface area contributed by atoms with Gasteiger partial charge in [0.15, 0.2) is 11.6 Å². The predicted octanol–water partition coefficient (Wildman–Crippen LogP) is 6.70. The number of piperazine rings is 1. The Kier molecular flexibility index (Phi) is 11.5. The number of anilines is 3. The maximum atomic E-state index is 15.2. The van der Waals surface area contributed by atoms with Gasteiger partial charge in [-0.1, -0.05) is 18.2 Å². The summed E-state index contributed by atoms with van der Waals surface area (Å²) >= 11 is 0. The number of halogens is 1. The molecule has 0 spiro atoms. The fraction of sp³-hybridized carbons (Fsp3) is 0.378. The van der Waals surface area contributed by atoms with Gasteiger partial charge in [0.2, 0.25) is 11.8 Å². The molecule has 1 fully saturated rings. The Labute approximate surface area is 287 Å². The second-order valence-electron chi connectivity index (χ2n) is 12.2. The summed E-state index contributed by atoms with van der Waals surface area (Å²) in [6, 6.07) is 17.7. The van der Waals surface area contributed by atoms with Crippen LogP contribution in [0.1, 0.15) is 25.0 Å². The summed E-state index contributed by atoms with van der Waals surface area (Å²) < 4.78 is 37.5. The first-order valence-electron chi connectivity index (χ1n) is 16.3. The Balaban J connectivity index is 1.33. The molecule has 11 nitrogen and oxygen atoms in total. The van der Waals surface area contributed by atoms with Crippen molar-refractivity contribution in [2.24, 2.45) is 0 Å². The number of benzene rings is 3. The predicted molar refractivity (Wildman–Crippen MR) is 189 cm³/mol. The zero-order valence-electron chi connectivity index (χ0n) is 29.2. The van der Waals surface area contributed by atoms with Gasteiger partial charge in [0.05, 0.1) is 25.6 Å². The van der Waals surface area contributed by atoms with Crippen LogP contribution in [0.15, 0.2) is 60.7 Å². The topological polar surface area (TPSA) is 102 Å². The molecule has 1 aliphatic heterocycles. The van der Waals surface area contributed by atoms with E-state index in [2.05, 4.69) is 33.9 Å². The number of amides is 1. The van der Waals surface area contributed by atoms with Crippen LogP contribution in [0.5, 0.6) is 23.1 Å². The van der Waals surface area contributed by atoms with Crippen LogP contribution in [0.3, 0.4) is 0 Å². The SMILES string of the molecule is COc1ccc(OC)c(N(C)C(=O)Oc2cc(-c3cccc(C)c3C)nc(Nc3ccc(OCCN4CCN(C(C)C)CC4)c(F)c3)n2)c1. The maximum Gasteiger partial charge on any atom is 0.420 e. The molecule has 3 aromatic carbocycles. The molecule has 1 amide bonds. The standard InChI is InChI=1S/C37H45FN6O5/c1-24(2)44-17-15-43(16-18-44)19-20-48-33-13-11-27(21-30(33)38)39-36-40-31(29-10-8-9-25(3)26(29)4)23-35(41-36)49-37(45)42(5)32-22-28(46-6)12-14-34(32)47-7/h8-14,21-24H,15-20H2,1-7H3,(H,39,40,41). The number of carbonyl (C=O) groups is 1. The molecule has 2 heterocycles. The highest BCUT2D eigenvalue weighted by molar-refractivity contribution is 5.90. The van der Waals surface area contributed by atoms with Crippen LogP contribution in [0.25, 0.3) is 11.3 Å². The van der Waals surface area contributed by atoms with Gasteiger partial charge >= 0.3 is 6.09 Å². The number of hydrogen-bond donors (Lipinski definition) is 1. The van der Waals surface area contributed by atoms with Crippen molar-refractivity contribution in [2.75, 3.05) is 70.8 Å². The molecule has 0 saturated carbocycles. The van der Waals surface area contributed by atoms with Crippen molar-refractivity contribution in [2.45, 2.75) is 33.7 Å². The van der Waals surface area contributed by atoms with Crippen molar-refractivity contribution in [1.82, 2.24) is 19.8 Å². The molecular formula is C37H45FN6O5. The molecule has 0 bridgehead atoms. The monoisotopic (exact) mass is 672 g/mol. The molecule has 1 saturated heterocycles. The molecule has 4 aromatic rings. The Bertz CT molecular complexity index is 1760. The van der Waals surface area contributed by atoms with E-state index in [0.29, 0.717) is 41.2 Å². The van der Waals surface area contributed by atoms with Crippen molar-refractivity contribution in [3.8, 4) is 34.4 Å². The molecule has 49 heavy (non-hydrogen) atoms. The van der Waals surface area contributed by atoms with Crippen LogP contribution in [0.4, 0.5) is 26.5 Å². The molecule has 12 heteroatoms. The summed E-state index contributed by atoms with van der Waals surface area (Å²) in [5.41, 5.74) is 4.30. The molecule has 1 aliphatic rings. The summed E-state index contributed by atoms with van der Waals surface area (Å²) in [6.45, 7) is 13.5. The van der Waals surface area contributed by atoms with Gasteiger partial charge < -0.3 is 24.3 Å². The van der Waals surface area contributed by atoms with E-state index < -0.39 is 11.9 Å². The van der Waals surface area contributed by atoms with Crippen molar-refractivity contribution in [1.29, 1.82) is 0 Å². The van der Waals surface area contributed by atoms with Gasteiger partial charge in [-0.2, -0.15) is 4.98 Å². The number of nitrogens with one attached hydrogen (secondary N) is 1. The fourth-order valence-electron chi connectivity index (χ4n) is 5.63. The average molecular weight is 673 g/mol. The average Bonchev–Trinajstić information content (AvgIpc) is 3.09. The summed E-state index contributed by atoms with van der Waals surface area (Å²) in [6.07, 6.45) is -0.711. The molecule has 0 atom stereocenters. The molecule has 0 radical (unpaired) electrons. The summed E-state index contributed by atoms with van der Waals surface area (Å²) in [5, 5.41) is 3.07. The van der Waals surface area contributed by atoms with Crippen LogP contribution in [-0.2, 0) is 0 Å². The molecule has 1 aromatic heterocycles. The number of aromatic nitrogens is 2. The minimum absolute atomic E-state index is 0.00164. The lowest BCUT2D eigenvalue weighted by Crippen LogP contribution is -2.49. The first-order chi connectivity index (χ1) is 23.6. The van der Waals surface area contributed by atoms with E-state index in [-0.39, 0.29) is 17.6 Å². The van der Waals surface area contributed by atoms with Gasteiger partial charge in [0, 0.05) is 75.3 Å². The van der Waals surface area contributed by atoms with E-state index in [1.54, 1.807) is 43.4 Å². The molecular weight excluding hydrogens is 627 g/mol. The van der Waals surface area contributed by atoms with Gasteiger partial charge in [0.1, 0.15) is 18.1 Å². The van der Waals surface area contributed by atoms with Crippen LogP contribution in [-0.4, -0.2) is 92.5 Å². The third-order valence-electron chi connectivity index (χ3n) is 8.79. The Morgan fingerprint density at radius 1 is 0.959 bits per heavy atom. The molecule has 5 rings (SSSR count). The Morgan fingerprint density at radius 3 is 2.41 bits per heavy atom. The van der Waals surface area contributed by atoms with Crippen LogP contribution in [0, 0.1) is 19.7 Å². The van der Waals surface area contributed by atoms with E-state index in [0.717, 1.165) is 49.4 Å². The van der Waals surface area contributed by atoms with Crippen molar-refractivity contribution in [3.63, 3.8) is 0 Å². The number of carbonyl (C=O) groups excluding carboxylic acids is 1. The molecule has 0 aliphatic carbocycles. The zero-order valence-corrected chi connectivity index (χ0v) is 29.2. The number of rotatable bonds is 12. The van der Waals surface area contributed by atoms with Crippen molar-refractivity contribution >= 4 is 23.4 Å². The zero-order chi connectivity index (χ0) is 35.1. The van der Waals surface area contributed by atoms with Crippen molar-refractivity contribution in [3.05, 3.63) is 77.6 Å². The largest absolute Gasteiger partial charge is 0.497 e. The van der Waals surface area contributed by atoms with Gasteiger partial charge in [-0.05, 0) is 63.1 Å². The Hall–Kier alpha value is -4.94. The highest BCUT2D eigenvalue weighted by Gasteiger charge is 2.22. The number of nitrogens with zero attached hydrogens (tertiary/aromatic N) is 5. The van der Waals surface area contributed by atoms with Gasteiger partial charge in [-0.3, -0.25) is 14.7 Å². The highest BCUT2D eigenvalue weighted by atomic mass is 19.1. The van der Waals surface area contributed by atoms with E-state index in [4.69, 9.17) is 23.9 Å². The minimum Gasteiger partial charge on any atom is -0.497 e. The van der Waals surface area contributed by atoms with Crippen molar-refractivity contribution < 1.29 is 28.1 Å². The molecule has 0 unspecified atom stereocenters. The lowest BCUT2D eigenvalue weighted by Gasteiger charge is -2.36. The van der Waals surface area contributed by atoms with Gasteiger partial charge in [0.25, 0.3) is 0 Å². The third-order valence-corrected chi connectivity index (χ3v) is 8.79. The first-order valence-corrected chi connectivity index (χ1v) is 16.3. The lowest BCUT2D eigenvalue weighted by atomic mass is 10.0. The maximum absolute atomic E-state index is 15.2. The Morgan fingerprint density at radius 2 is 1.71 bits per heavy atom. The second kappa shape index (κ2) is 16.0. The number of aryl methyl sites for hydroxylation is 1. The molecule has 260 valence electrons. The summed E-state index contributed by atoms with van der Waals surface area (Å²) in [4.78, 5) is 28.6. The highest BCUT2D eigenvalue weighted by Crippen LogP contribution is 2.33. The van der Waals surface area contributed by atoms with Gasteiger partial charge in [-0.15, -0.1) is 0 Å². The van der Waals surface area contributed by atoms with E-state index >= 15 is 4.39 Å². The van der Waals surface area contributed by atoms with E-state index in [9.17, 15) is 4.79 Å². The van der Waals surface area contributed by atoms with Gasteiger partial charge in [-0.25, -0.2) is 14.2 Å². The normalized spacial score (nSPS) is 13.7. The summed E-state index contributed by atoms with van der Waals surface area (Å²) in [5.74, 6) is 0.784. The quantitative estimate of drug-likeness (QED) is 0.175. The van der Waals surface area contributed by atoms with E-state index in [1.165, 1.54) is 25.2 Å². The number of methoxy groups -OCH3 is 2. The molecule has 1 N–H and O–H groups in total. The van der Waals surface area contributed by atoms with Crippen LogP contribution >= 0.6 is 0 Å². The first kappa shape index (κ1) is 35.4.